The number of aryl methyl sites for hydroxylation is 1. The van der Waals surface area contributed by atoms with Gasteiger partial charge in [-0.05, 0) is 25.0 Å². The van der Waals surface area contributed by atoms with Crippen molar-refractivity contribution in [2.24, 2.45) is 5.73 Å². The molecule has 2 N–H and O–H groups in total. The van der Waals surface area contributed by atoms with Gasteiger partial charge in [-0.15, -0.1) is 0 Å². The lowest BCUT2D eigenvalue weighted by Gasteiger charge is -2.15. The number of para-hydroxylation sites is 1. The first kappa shape index (κ1) is 13.1. The van der Waals surface area contributed by atoms with Crippen LogP contribution >= 0.6 is 11.6 Å². The van der Waals surface area contributed by atoms with Gasteiger partial charge in [0.2, 0.25) is 0 Å². The minimum absolute atomic E-state index is 0.107. The van der Waals surface area contributed by atoms with Gasteiger partial charge in [-0.2, -0.15) is 0 Å². The number of halogens is 1. The van der Waals surface area contributed by atoms with E-state index in [4.69, 9.17) is 17.3 Å². The average Bonchev–Trinajstić information content (AvgIpc) is 2.76. The van der Waals surface area contributed by atoms with E-state index in [9.17, 15) is 0 Å². The molecule has 0 amide bonds. The Kier molecular flexibility index (Phi) is 4.04. The van der Waals surface area contributed by atoms with Crippen molar-refractivity contribution in [1.29, 1.82) is 0 Å². The van der Waals surface area contributed by atoms with Crippen molar-refractivity contribution in [2.45, 2.75) is 32.7 Å². The van der Waals surface area contributed by atoms with Gasteiger partial charge in [0.1, 0.15) is 5.82 Å². The first-order valence-corrected chi connectivity index (χ1v) is 6.56. The third kappa shape index (κ3) is 2.57. The zero-order valence-corrected chi connectivity index (χ0v) is 11.5. The Bertz CT molecular complexity index is 532. The van der Waals surface area contributed by atoms with E-state index in [0.717, 1.165) is 34.9 Å². The SMILES string of the molecule is CCc1nccn1-c1c(Cl)cccc1CC(C)N. The highest BCUT2D eigenvalue weighted by Crippen LogP contribution is 2.26. The molecule has 1 aromatic heterocycles. The van der Waals surface area contributed by atoms with E-state index in [1.165, 1.54) is 0 Å². The lowest BCUT2D eigenvalue weighted by Crippen LogP contribution is -2.19. The van der Waals surface area contributed by atoms with E-state index in [2.05, 4.69) is 22.5 Å². The summed E-state index contributed by atoms with van der Waals surface area (Å²) >= 11 is 6.34. The molecule has 1 heterocycles. The van der Waals surface area contributed by atoms with Gasteiger partial charge in [-0.25, -0.2) is 4.98 Å². The summed E-state index contributed by atoms with van der Waals surface area (Å²) in [5.41, 5.74) is 8.06. The molecule has 3 nitrogen and oxygen atoms in total. The first-order valence-electron chi connectivity index (χ1n) is 6.19. The molecule has 4 heteroatoms. The Balaban J connectivity index is 2.55. The normalized spacial score (nSPS) is 12.7. The lowest BCUT2D eigenvalue weighted by molar-refractivity contribution is 0.731. The maximum Gasteiger partial charge on any atom is 0.112 e. The molecule has 0 aliphatic rings. The molecule has 0 aliphatic heterocycles. The van der Waals surface area contributed by atoms with Crippen LogP contribution in [0.3, 0.4) is 0 Å². The number of nitrogens with two attached hydrogens (primary N) is 1. The van der Waals surface area contributed by atoms with Crippen molar-refractivity contribution in [1.82, 2.24) is 9.55 Å². The number of benzene rings is 1. The summed E-state index contributed by atoms with van der Waals surface area (Å²) in [4.78, 5) is 4.35. The van der Waals surface area contributed by atoms with Crippen molar-refractivity contribution >= 4 is 11.6 Å². The molecular weight excluding hydrogens is 246 g/mol. The van der Waals surface area contributed by atoms with Gasteiger partial charge in [0.25, 0.3) is 0 Å². The van der Waals surface area contributed by atoms with Crippen LogP contribution in [-0.2, 0) is 12.8 Å². The van der Waals surface area contributed by atoms with Gasteiger partial charge < -0.3 is 10.3 Å². The number of nitrogens with zero attached hydrogens (tertiary/aromatic N) is 2. The number of aromatic nitrogens is 2. The second-order valence-electron chi connectivity index (χ2n) is 4.50. The highest BCUT2D eigenvalue weighted by atomic mass is 35.5. The van der Waals surface area contributed by atoms with E-state index < -0.39 is 0 Å². The summed E-state index contributed by atoms with van der Waals surface area (Å²) in [5, 5.41) is 0.737. The van der Waals surface area contributed by atoms with Crippen LogP contribution in [0.2, 0.25) is 5.02 Å². The highest BCUT2D eigenvalue weighted by molar-refractivity contribution is 6.32. The Morgan fingerprint density at radius 3 is 2.89 bits per heavy atom. The van der Waals surface area contributed by atoms with Crippen molar-refractivity contribution in [3.05, 3.63) is 47.0 Å². The standard InChI is InChI=1S/C14H18ClN3/c1-3-13-17-7-8-18(13)14-11(9-10(2)16)5-4-6-12(14)15/h4-8,10H,3,9,16H2,1-2H3. The number of hydrogen-bond acceptors (Lipinski definition) is 2. The van der Waals surface area contributed by atoms with Crippen LogP contribution in [-0.4, -0.2) is 15.6 Å². The van der Waals surface area contributed by atoms with Crippen LogP contribution in [0, 0.1) is 0 Å². The average molecular weight is 264 g/mol. The Morgan fingerprint density at radius 1 is 1.44 bits per heavy atom. The van der Waals surface area contributed by atoms with Gasteiger partial charge in [0.05, 0.1) is 10.7 Å². The minimum Gasteiger partial charge on any atom is -0.328 e. The molecule has 0 fully saturated rings. The fraction of sp³-hybridized carbons (Fsp3) is 0.357. The summed E-state index contributed by atoms with van der Waals surface area (Å²) in [7, 11) is 0. The Morgan fingerprint density at radius 2 is 2.22 bits per heavy atom. The monoisotopic (exact) mass is 263 g/mol. The highest BCUT2D eigenvalue weighted by Gasteiger charge is 2.13. The van der Waals surface area contributed by atoms with Crippen LogP contribution in [0.15, 0.2) is 30.6 Å². The maximum absolute atomic E-state index is 6.34. The van der Waals surface area contributed by atoms with E-state index in [1.807, 2.05) is 25.3 Å². The molecule has 0 bridgehead atoms. The zero-order chi connectivity index (χ0) is 13.1. The van der Waals surface area contributed by atoms with Crippen molar-refractivity contribution < 1.29 is 0 Å². The molecule has 1 unspecified atom stereocenters. The third-order valence-corrected chi connectivity index (χ3v) is 3.19. The van der Waals surface area contributed by atoms with Crippen LogP contribution < -0.4 is 5.73 Å². The molecule has 0 aliphatic carbocycles. The summed E-state index contributed by atoms with van der Waals surface area (Å²) in [6, 6.07) is 6.05. The van der Waals surface area contributed by atoms with E-state index >= 15 is 0 Å². The largest absolute Gasteiger partial charge is 0.328 e. The second-order valence-corrected chi connectivity index (χ2v) is 4.90. The molecule has 1 atom stereocenters. The Labute approximate surface area is 113 Å². The van der Waals surface area contributed by atoms with E-state index in [0.29, 0.717) is 0 Å². The summed E-state index contributed by atoms with van der Waals surface area (Å²) in [6.07, 6.45) is 5.43. The van der Waals surface area contributed by atoms with Gasteiger partial charge in [0.15, 0.2) is 0 Å². The van der Waals surface area contributed by atoms with Gasteiger partial charge in [0, 0.05) is 24.9 Å². The second kappa shape index (κ2) is 5.55. The lowest BCUT2D eigenvalue weighted by atomic mass is 10.1. The smallest absolute Gasteiger partial charge is 0.112 e. The number of hydrogen-bond donors (Lipinski definition) is 1. The molecule has 0 saturated heterocycles. The molecule has 18 heavy (non-hydrogen) atoms. The molecule has 0 saturated carbocycles. The molecule has 1 aromatic carbocycles. The predicted molar refractivity (Wildman–Crippen MR) is 75.3 cm³/mol. The van der Waals surface area contributed by atoms with Gasteiger partial charge in [-0.3, -0.25) is 0 Å². The third-order valence-electron chi connectivity index (χ3n) is 2.89. The number of rotatable bonds is 4. The van der Waals surface area contributed by atoms with E-state index in [1.54, 1.807) is 6.20 Å². The summed E-state index contributed by atoms with van der Waals surface area (Å²) < 4.78 is 2.06. The van der Waals surface area contributed by atoms with Crippen molar-refractivity contribution in [3.63, 3.8) is 0 Å². The summed E-state index contributed by atoms with van der Waals surface area (Å²) in [5.74, 6) is 1.01. The number of imidazole rings is 1. The van der Waals surface area contributed by atoms with Crippen molar-refractivity contribution in [3.8, 4) is 5.69 Å². The molecular formula is C14H18ClN3. The fourth-order valence-corrected chi connectivity index (χ4v) is 2.43. The maximum atomic E-state index is 6.34. The first-order chi connectivity index (χ1) is 8.63. The van der Waals surface area contributed by atoms with Crippen LogP contribution in [0.5, 0.6) is 0 Å². The van der Waals surface area contributed by atoms with E-state index in [-0.39, 0.29) is 6.04 Å². The fourth-order valence-electron chi connectivity index (χ4n) is 2.14. The predicted octanol–water partition coefficient (Wildman–Crippen LogP) is 2.98. The zero-order valence-electron chi connectivity index (χ0n) is 10.7. The quantitative estimate of drug-likeness (QED) is 0.922. The Hall–Kier alpha value is -1.32. The molecule has 2 aromatic rings. The molecule has 2 rings (SSSR count). The van der Waals surface area contributed by atoms with Crippen LogP contribution in [0.4, 0.5) is 0 Å². The molecule has 96 valence electrons. The van der Waals surface area contributed by atoms with Crippen LogP contribution in [0.25, 0.3) is 5.69 Å². The van der Waals surface area contributed by atoms with Gasteiger partial charge in [-0.1, -0.05) is 30.7 Å². The van der Waals surface area contributed by atoms with Crippen molar-refractivity contribution in [2.75, 3.05) is 0 Å². The molecule has 0 radical (unpaired) electrons. The van der Waals surface area contributed by atoms with Crippen LogP contribution in [0.1, 0.15) is 25.2 Å². The minimum atomic E-state index is 0.107. The topological polar surface area (TPSA) is 43.8 Å². The summed E-state index contributed by atoms with van der Waals surface area (Å²) in [6.45, 7) is 4.08. The molecule has 0 spiro atoms. The van der Waals surface area contributed by atoms with Gasteiger partial charge >= 0.3 is 0 Å².